The van der Waals surface area contributed by atoms with E-state index in [-0.39, 0.29) is 11.7 Å². The zero-order valence-electron chi connectivity index (χ0n) is 17.9. The van der Waals surface area contributed by atoms with Gasteiger partial charge in [-0.3, -0.25) is 0 Å². The maximum absolute atomic E-state index is 12.6. The van der Waals surface area contributed by atoms with Crippen molar-refractivity contribution in [2.75, 3.05) is 5.32 Å². The Bertz CT molecular complexity index is 1300. The van der Waals surface area contributed by atoms with E-state index in [1.807, 2.05) is 36.4 Å². The lowest BCUT2D eigenvalue weighted by Gasteiger charge is -2.15. The van der Waals surface area contributed by atoms with Crippen molar-refractivity contribution in [3.05, 3.63) is 102 Å². The Kier molecular flexibility index (Phi) is 7.12. The number of hydrogen-bond donors (Lipinski definition) is 3. The van der Waals surface area contributed by atoms with E-state index in [1.54, 1.807) is 54.6 Å². The lowest BCUT2D eigenvalue weighted by atomic mass is 10.1. The molecule has 8 nitrogen and oxygen atoms in total. The van der Waals surface area contributed by atoms with Crippen LogP contribution in [0.3, 0.4) is 0 Å². The van der Waals surface area contributed by atoms with Crippen LogP contribution in [0.25, 0.3) is 11.3 Å². The molecule has 0 saturated carbocycles. The Balaban J connectivity index is 1.45. The standard InChI is InChI=1S/C25H21ClN6O2/c26-18-12-10-17(11-13-18)23(27)24(33)34-21-9-5-4-8-20(21)29-25(28)30-22-15-14-19(31-32-22)16-6-2-1-3-7-16/h1-15,23H,27H2,(H3,28,29,30,32). The summed E-state index contributed by atoms with van der Waals surface area (Å²) < 4.78 is 5.51. The first-order valence-corrected chi connectivity index (χ1v) is 10.7. The number of halogens is 1. The molecule has 1 atom stereocenters. The van der Waals surface area contributed by atoms with Crippen molar-refractivity contribution in [2.45, 2.75) is 6.04 Å². The van der Waals surface area contributed by atoms with Crippen molar-refractivity contribution in [3.8, 4) is 17.0 Å². The lowest BCUT2D eigenvalue weighted by molar-refractivity contribution is -0.135. The summed E-state index contributed by atoms with van der Waals surface area (Å²) >= 11 is 5.89. The van der Waals surface area contributed by atoms with Gasteiger partial charge in [0, 0.05) is 10.6 Å². The van der Waals surface area contributed by atoms with Gasteiger partial charge in [0.1, 0.15) is 6.04 Å². The van der Waals surface area contributed by atoms with Crippen molar-refractivity contribution >= 4 is 35.0 Å². The fourth-order valence-corrected chi connectivity index (χ4v) is 3.20. The number of para-hydroxylation sites is 2. The highest BCUT2D eigenvalue weighted by Gasteiger charge is 2.19. The number of guanidine groups is 1. The first-order chi connectivity index (χ1) is 16.5. The first-order valence-electron chi connectivity index (χ1n) is 10.3. The van der Waals surface area contributed by atoms with Crippen LogP contribution in [0.5, 0.6) is 5.75 Å². The second kappa shape index (κ2) is 10.6. The molecule has 0 aliphatic rings. The number of nitrogens with two attached hydrogens (primary N) is 2. The van der Waals surface area contributed by atoms with E-state index in [0.717, 1.165) is 11.3 Å². The Morgan fingerprint density at radius 3 is 2.32 bits per heavy atom. The third kappa shape index (κ3) is 5.74. The molecular formula is C25H21ClN6O2. The van der Waals surface area contributed by atoms with Gasteiger partial charge in [-0.2, -0.15) is 4.99 Å². The zero-order valence-corrected chi connectivity index (χ0v) is 18.7. The van der Waals surface area contributed by atoms with Crippen LogP contribution in [0.15, 0.2) is 96.0 Å². The molecule has 0 fully saturated rings. The molecule has 0 amide bonds. The van der Waals surface area contributed by atoms with E-state index in [0.29, 0.717) is 22.1 Å². The average Bonchev–Trinajstić information content (AvgIpc) is 2.86. The molecule has 0 spiro atoms. The smallest absolute Gasteiger partial charge is 0.333 e. The van der Waals surface area contributed by atoms with Gasteiger partial charge in [0.2, 0.25) is 0 Å². The average molecular weight is 473 g/mol. The normalized spacial score (nSPS) is 12.1. The number of aliphatic imine (C=N–C) groups is 1. The van der Waals surface area contributed by atoms with Crippen LogP contribution in [0, 0.1) is 0 Å². The predicted octanol–water partition coefficient (Wildman–Crippen LogP) is 4.46. The van der Waals surface area contributed by atoms with E-state index in [4.69, 9.17) is 27.8 Å². The summed E-state index contributed by atoms with van der Waals surface area (Å²) in [7, 11) is 0. The van der Waals surface area contributed by atoms with E-state index >= 15 is 0 Å². The summed E-state index contributed by atoms with van der Waals surface area (Å²) in [6.07, 6.45) is 0. The van der Waals surface area contributed by atoms with Crippen LogP contribution in [0.2, 0.25) is 5.02 Å². The summed E-state index contributed by atoms with van der Waals surface area (Å²) in [6.45, 7) is 0. The molecular weight excluding hydrogens is 452 g/mol. The van der Waals surface area contributed by atoms with Gasteiger partial charge in [0.25, 0.3) is 0 Å². The minimum atomic E-state index is -0.977. The molecule has 1 unspecified atom stereocenters. The Morgan fingerprint density at radius 1 is 0.912 bits per heavy atom. The number of carbonyl (C=O) groups is 1. The number of aromatic nitrogens is 2. The molecule has 0 radical (unpaired) electrons. The molecule has 1 aromatic heterocycles. The molecule has 170 valence electrons. The van der Waals surface area contributed by atoms with Crippen molar-refractivity contribution in [1.82, 2.24) is 10.2 Å². The Morgan fingerprint density at radius 2 is 1.62 bits per heavy atom. The van der Waals surface area contributed by atoms with E-state index in [9.17, 15) is 4.79 Å². The number of nitrogens with zero attached hydrogens (tertiary/aromatic N) is 3. The van der Waals surface area contributed by atoms with Crippen LogP contribution < -0.4 is 21.5 Å². The van der Waals surface area contributed by atoms with Crippen LogP contribution >= 0.6 is 11.6 Å². The number of carbonyl (C=O) groups excluding carboxylic acids is 1. The quantitative estimate of drug-likeness (QED) is 0.163. The number of rotatable bonds is 6. The minimum Gasteiger partial charge on any atom is -0.423 e. The van der Waals surface area contributed by atoms with Crippen molar-refractivity contribution in [1.29, 1.82) is 0 Å². The number of nitrogens with one attached hydrogen (secondary N) is 1. The fraction of sp³-hybridized carbons (Fsp3) is 0.0400. The van der Waals surface area contributed by atoms with E-state index in [2.05, 4.69) is 20.5 Å². The molecule has 34 heavy (non-hydrogen) atoms. The number of ether oxygens (including phenoxy) is 1. The fourth-order valence-electron chi connectivity index (χ4n) is 3.07. The maximum atomic E-state index is 12.6. The number of anilines is 1. The summed E-state index contributed by atoms with van der Waals surface area (Å²) in [5.41, 5.74) is 14.8. The molecule has 0 aliphatic carbocycles. The molecule has 1 heterocycles. The number of benzene rings is 3. The molecule has 0 aliphatic heterocycles. The van der Waals surface area contributed by atoms with Crippen LogP contribution in [-0.2, 0) is 4.79 Å². The second-order valence-corrected chi connectivity index (χ2v) is 7.65. The van der Waals surface area contributed by atoms with Gasteiger partial charge >= 0.3 is 5.97 Å². The molecule has 3 aromatic carbocycles. The first kappa shape index (κ1) is 22.9. The summed E-state index contributed by atoms with van der Waals surface area (Å²) in [6, 6.07) is 25.7. The molecule has 9 heteroatoms. The highest BCUT2D eigenvalue weighted by Crippen LogP contribution is 2.26. The van der Waals surface area contributed by atoms with Crippen molar-refractivity contribution < 1.29 is 9.53 Å². The summed E-state index contributed by atoms with van der Waals surface area (Å²) in [4.78, 5) is 16.8. The van der Waals surface area contributed by atoms with Gasteiger partial charge < -0.3 is 21.5 Å². The number of hydrogen-bond acceptors (Lipinski definition) is 6. The van der Waals surface area contributed by atoms with Gasteiger partial charge in [-0.1, -0.05) is 66.2 Å². The van der Waals surface area contributed by atoms with Gasteiger partial charge in [-0.15, -0.1) is 10.2 Å². The SMILES string of the molecule is NC(=Nc1ccc(-c2ccccc2)nn1)Nc1ccccc1OC(=O)C(N)c1ccc(Cl)cc1. The Hall–Kier alpha value is -4.27. The van der Waals surface area contributed by atoms with Gasteiger partial charge in [-0.05, 0) is 42.0 Å². The van der Waals surface area contributed by atoms with Crippen LogP contribution in [-0.4, -0.2) is 22.1 Å². The maximum Gasteiger partial charge on any atom is 0.333 e. The van der Waals surface area contributed by atoms with Gasteiger partial charge in [0.15, 0.2) is 17.5 Å². The molecule has 0 saturated heterocycles. The van der Waals surface area contributed by atoms with Gasteiger partial charge in [-0.25, -0.2) is 4.79 Å². The van der Waals surface area contributed by atoms with Crippen LogP contribution in [0.1, 0.15) is 11.6 Å². The minimum absolute atomic E-state index is 0.0484. The highest BCUT2D eigenvalue weighted by atomic mass is 35.5. The lowest BCUT2D eigenvalue weighted by Crippen LogP contribution is -2.27. The third-order valence-corrected chi connectivity index (χ3v) is 5.05. The largest absolute Gasteiger partial charge is 0.423 e. The monoisotopic (exact) mass is 472 g/mol. The second-order valence-electron chi connectivity index (χ2n) is 7.21. The molecule has 0 bridgehead atoms. The number of esters is 1. The van der Waals surface area contributed by atoms with Crippen molar-refractivity contribution in [2.24, 2.45) is 16.5 Å². The summed E-state index contributed by atoms with van der Waals surface area (Å²) in [5, 5.41) is 11.8. The third-order valence-electron chi connectivity index (χ3n) is 4.80. The Labute approximate surface area is 201 Å². The summed E-state index contributed by atoms with van der Waals surface area (Å²) in [5.74, 6) is -0.00815. The van der Waals surface area contributed by atoms with Crippen LogP contribution in [0.4, 0.5) is 11.5 Å². The highest BCUT2D eigenvalue weighted by molar-refractivity contribution is 6.30. The molecule has 4 rings (SSSR count). The van der Waals surface area contributed by atoms with Crippen molar-refractivity contribution in [3.63, 3.8) is 0 Å². The van der Waals surface area contributed by atoms with E-state index < -0.39 is 12.0 Å². The molecule has 4 aromatic rings. The van der Waals surface area contributed by atoms with E-state index in [1.165, 1.54) is 0 Å². The zero-order chi connectivity index (χ0) is 23.9. The topological polar surface area (TPSA) is 129 Å². The van der Waals surface area contributed by atoms with Gasteiger partial charge in [0.05, 0.1) is 11.4 Å². The molecule has 5 N–H and O–H groups in total. The predicted molar refractivity (Wildman–Crippen MR) is 133 cm³/mol.